The Morgan fingerprint density at radius 2 is 1.92 bits per heavy atom. The second kappa shape index (κ2) is 6.74. The highest BCUT2D eigenvalue weighted by molar-refractivity contribution is 9.11. The van der Waals surface area contributed by atoms with Crippen molar-refractivity contribution in [3.05, 3.63) is 31.5 Å². The smallest absolute Gasteiger partial charge is 0.230 e. The average Bonchev–Trinajstić information content (AvgIpc) is 3.12. The molecule has 1 aliphatic heterocycles. The summed E-state index contributed by atoms with van der Waals surface area (Å²) in [6, 6.07) is 4.32. The normalized spacial score (nSPS) is 18.1. The van der Waals surface area contributed by atoms with E-state index in [9.17, 15) is 5.11 Å². The van der Waals surface area contributed by atoms with Crippen LogP contribution >= 0.6 is 38.6 Å². The molecule has 4 rings (SSSR count). The molecule has 0 unspecified atom stereocenters. The largest absolute Gasteiger partial charge is 0.492 e. The molecule has 0 spiro atoms. The minimum atomic E-state index is 0.0770. The molecule has 0 aliphatic carbocycles. The first kappa shape index (κ1) is 16.5. The van der Waals surface area contributed by atoms with Crippen molar-refractivity contribution in [2.75, 3.05) is 13.1 Å². The summed E-state index contributed by atoms with van der Waals surface area (Å²) in [4.78, 5) is 9.88. The first-order valence-electron chi connectivity index (χ1n) is 8.18. The number of aryl methyl sites for hydroxylation is 1. The van der Waals surface area contributed by atoms with Crippen molar-refractivity contribution >= 4 is 43.6 Å². The summed E-state index contributed by atoms with van der Waals surface area (Å²) in [5, 5.41) is 15.1. The van der Waals surface area contributed by atoms with Crippen LogP contribution in [0.15, 0.2) is 15.9 Å². The number of fused-ring (bicyclic) bond motifs is 1. The van der Waals surface area contributed by atoms with Crippen LogP contribution in [0.2, 0.25) is 0 Å². The summed E-state index contributed by atoms with van der Waals surface area (Å²) in [7, 11) is 0. The van der Waals surface area contributed by atoms with Crippen LogP contribution < -0.4 is 0 Å². The molecule has 0 amide bonds. The molecule has 0 radical (unpaired) electrons. The number of halogens is 1. The maximum atomic E-state index is 10.8. The monoisotopic (exact) mass is 426 g/mol. The lowest BCUT2D eigenvalue weighted by atomic mass is 10.1. The van der Waals surface area contributed by atoms with E-state index < -0.39 is 0 Å². The van der Waals surface area contributed by atoms with E-state index in [0.29, 0.717) is 5.82 Å². The quantitative estimate of drug-likeness (QED) is 0.664. The van der Waals surface area contributed by atoms with Crippen LogP contribution in [-0.4, -0.2) is 37.7 Å². The zero-order chi connectivity index (χ0) is 16.7. The molecule has 0 aromatic carbocycles. The first-order chi connectivity index (χ1) is 11.6. The molecule has 4 heterocycles. The second-order valence-electron chi connectivity index (χ2n) is 6.14. The number of likely N-dealkylation sites (tertiary alicyclic amines) is 1. The number of thiophene rings is 1. The fourth-order valence-electron chi connectivity index (χ4n) is 3.33. The van der Waals surface area contributed by atoms with Crippen LogP contribution in [0.4, 0.5) is 0 Å². The number of aromatic nitrogens is 3. The van der Waals surface area contributed by atoms with Gasteiger partial charge in [0.05, 0.1) is 14.7 Å². The van der Waals surface area contributed by atoms with E-state index in [1.807, 2.05) is 6.92 Å². The minimum Gasteiger partial charge on any atom is -0.492 e. The number of aromatic hydroxyl groups is 1. The minimum absolute atomic E-state index is 0.0770. The summed E-state index contributed by atoms with van der Waals surface area (Å²) < 4.78 is 2.69. The highest BCUT2D eigenvalue weighted by atomic mass is 79.9. The van der Waals surface area contributed by atoms with Crippen molar-refractivity contribution in [3.63, 3.8) is 0 Å². The molecular formula is C16H19BrN4OS2. The lowest BCUT2D eigenvalue weighted by Gasteiger charge is -2.29. The molecule has 1 aliphatic rings. The van der Waals surface area contributed by atoms with Gasteiger partial charge in [-0.25, -0.2) is 4.98 Å². The third-order valence-electron chi connectivity index (χ3n) is 4.42. The maximum absolute atomic E-state index is 10.8. The summed E-state index contributed by atoms with van der Waals surface area (Å²) in [5.41, 5.74) is 0. The summed E-state index contributed by atoms with van der Waals surface area (Å²) >= 11 is 6.86. The molecule has 1 atom stereocenters. The summed E-state index contributed by atoms with van der Waals surface area (Å²) in [6.45, 7) is 3.97. The highest BCUT2D eigenvalue weighted by Gasteiger charge is 2.30. The van der Waals surface area contributed by atoms with Gasteiger partial charge in [0.1, 0.15) is 5.82 Å². The van der Waals surface area contributed by atoms with E-state index in [1.165, 1.54) is 30.6 Å². The first-order valence-corrected chi connectivity index (χ1v) is 10.6. The van der Waals surface area contributed by atoms with Gasteiger partial charge in [0.15, 0.2) is 0 Å². The van der Waals surface area contributed by atoms with Crippen molar-refractivity contribution in [2.45, 2.75) is 38.6 Å². The molecule has 8 heteroatoms. The third-order valence-corrected chi connectivity index (χ3v) is 7.17. The Morgan fingerprint density at radius 3 is 2.54 bits per heavy atom. The molecule has 24 heavy (non-hydrogen) atoms. The van der Waals surface area contributed by atoms with Gasteiger partial charge in [0.2, 0.25) is 10.8 Å². The van der Waals surface area contributed by atoms with Crippen molar-refractivity contribution in [3.8, 4) is 5.88 Å². The van der Waals surface area contributed by atoms with Crippen molar-refractivity contribution < 1.29 is 5.11 Å². The zero-order valence-corrected chi connectivity index (χ0v) is 16.6. The molecule has 3 aromatic heterocycles. The molecular weight excluding hydrogens is 408 g/mol. The number of nitrogens with zero attached hydrogens (tertiary/aromatic N) is 4. The van der Waals surface area contributed by atoms with Crippen molar-refractivity contribution in [1.29, 1.82) is 0 Å². The van der Waals surface area contributed by atoms with Gasteiger partial charge in [-0.15, -0.1) is 16.4 Å². The van der Waals surface area contributed by atoms with E-state index in [-0.39, 0.29) is 11.9 Å². The number of thiazole rings is 1. The Kier molecular flexibility index (Phi) is 4.64. The van der Waals surface area contributed by atoms with Gasteiger partial charge < -0.3 is 5.11 Å². The Morgan fingerprint density at radius 1 is 1.17 bits per heavy atom. The molecule has 5 nitrogen and oxygen atoms in total. The van der Waals surface area contributed by atoms with Gasteiger partial charge in [-0.05, 0) is 60.9 Å². The van der Waals surface area contributed by atoms with Crippen molar-refractivity contribution in [2.24, 2.45) is 0 Å². The van der Waals surface area contributed by atoms with E-state index in [4.69, 9.17) is 0 Å². The molecule has 3 aromatic rings. The van der Waals surface area contributed by atoms with E-state index in [1.54, 1.807) is 27.2 Å². The van der Waals surface area contributed by atoms with Gasteiger partial charge >= 0.3 is 0 Å². The topological polar surface area (TPSA) is 53.7 Å². The van der Waals surface area contributed by atoms with Crippen LogP contribution in [0.1, 0.15) is 47.3 Å². The van der Waals surface area contributed by atoms with Gasteiger partial charge in [0, 0.05) is 4.88 Å². The van der Waals surface area contributed by atoms with E-state index in [0.717, 1.165) is 26.7 Å². The predicted molar refractivity (Wildman–Crippen MR) is 101 cm³/mol. The SMILES string of the molecule is Cc1nc2sc([C@H](c3ccc(Br)s3)N3CCCCCC3)c(O)n2n1. The molecule has 1 saturated heterocycles. The van der Waals surface area contributed by atoms with Crippen LogP contribution in [0, 0.1) is 6.92 Å². The van der Waals surface area contributed by atoms with Crippen molar-refractivity contribution in [1.82, 2.24) is 19.5 Å². The van der Waals surface area contributed by atoms with Crippen LogP contribution in [-0.2, 0) is 0 Å². The summed E-state index contributed by atoms with van der Waals surface area (Å²) in [5.74, 6) is 0.919. The van der Waals surface area contributed by atoms with Gasteiger partial charge in [-0.2, -0.15) is 4.52 Å². The van der Waals surface area contributed by atoms with Crippen LogP contribution in [0.5, 0.6) is 5.88 Å². The van der Waals surface area contributed by atoms with Gasteiger partial charge in [0.25, 0.3) is 0 Å². The van der Waals surface area contributed by atoms with Crippen LogP contribution in [0.25, 0.3) is 4.96 Å². The highest BCUT2D eigenvalue weighted by Crippen LogP contribution is 2.43. The molecule has 0 saturated carbocycles. The van der Waals surface area contributed by atoms with Crippen LogP contribution in [0.3, 0.4) is 0 Å². The Balaban J connectivity index is 1.81. The maximum Gasteiger partial charge on any atom is 0.230 e. The summed E-state index contributed by atoms with van der Waals surface area (Å²) in [6.07, 6.45) is 5.00. The second-order valence-corrected chi connectivity index (χ2v) is 9.64. The van der Waals surface area contributed by atoms with Gasteiger partial charge in [-0.1, -0.05) is 24.2 Å². The number of rotatable bonds is 3. The number of hydrogen-bond acceptors (Lipinski definition) is 6. The predicted octanol–water partition coefficient (Wildman–Crippen LogP) is 4.59. The zero-order valence-electron chi connectivity index (χ0n) is 13.4. The average molecular weight is 427 g/mol. The number of hydrogen-bond donors (Lipinski definition) is 1. The third kappa shape index (κ3) is 3.00. The standard InChI is InChI=1S/C16H19BrN4OS2/c1-10-18-16-21(19-10)15(22)14(24-16)13(11-6-7-12(17)23-11)20-8-4-2-3-5-9-20/h6-7,13,22H,2-5,8-9H2,1H3/t13-/m0/s1. The van der Waals surface area contributed by atoms with E-state index in [2.05, 4.69) is 43.0 Å². The lowest BCUT2D eigenvalue weighted by molar-refractivity contribution is 0.235. The lowest BCUT2D eigenvalue weighted by Crippen LogP contribution is -2.29. The van der Waals surface area contributed by atoms with E-state index >= 15 is 0 Å². The molecule has 128 valence electrons. The molecule has 1 fully saturated rings. The Hall–Kier alpha value is -0.960. The fourth-order valence-corrected chi connectivity index (χ4v) is 6.13. The van der Waals surface area contributed by atoms with Gasteiger partial charge in [-0.3, -0.25) is 4.90 Å². The molecule has 0 bridgehead atoms. The molecule has 1 N–H and O–H groups in total. The fraction of sp³-hybridized carbons (Fsp3) is 0.500. The Labute approximate surface area is 157 Å². The Bertz CT molecular complexity index is 848.